The molecular formula is C8H14O2S. The van der Waals surface area contributed by atoms with Crippen LogP contribution in [0.1, 0.15) is 7.43 Å². The summed E-state index contributed by atoms with van der Waals surface area (Å²) >= 11 is 1.49. The predicted molar refractivity (Wildman–Crippen MR) is 51.0 cm³/mol. The Labute approximate surface area is 72.0 Å². The number of rotatable bonds is 5. The van der Waals surface area contributed by atoms with Crippen LogP contribution in [0.3, 0.4) is 0 Å². The highest BCUT2D eigenvalue weighted by atomic mass is 32.2. The van der Waals surface area contributed by atoms with E-state index >= 15 is 0 Å². The van der Waals surface area contributed by atoms with Gasteiger partial charge < -0.3 is 5.11 Å². The average Bonchev–Trinajstić information content (AvgIpc) is 1.88. The lowest BCUT2D eigenvalue weighted by Crippen LogP contribution is -2.01. The van der Waals surface area contributed by atoms with Gasteiger partial charge in [0.25, 0.3) is 0 Å². The molecule has 0 amide bonds. The van der Waals surface area contributed by atoms with Crippen LogP contribution in [-0.2, 0) is 4.79 Å². The van der Waals surface area contributed by atoms with E-state index in [9.17, 15) is 4.79 Å². The van der Waals surface area contributed by atoms with Crippen LogP contribution in [0.4, 0.5) is 0 Å². The number of hydrogen-bond acceptors (Lipinski definition) is 2. The first kappa shape index (κ1) is 12.9. The summed E-state index contributed by atoms with van der Waals surface area (Å²) in [4.78, 5) is 10.2. The van der Waals surface area contributed by atoms with Crippen molar-refractivity contribution in [1.82, 2.24) is 0 Å². The molecule has 0 unspecified atom stereocenters. The first-order valence-electron chi connectivity index (χ1n) is 2.78. The number of aliphatic carboxylic acids is 1. The summed E-state index contributed by atoms with van der Waals surface area (Å²) in [5, 5.41) is 8.34. The number of carboxylic acid groups (broad SMARTS) is 1. The molecule has 0 aromatic heterocycles. The fourth-order valence-corrected chi connectivity index (χ4v) is 0.982. The third-order valence-corrected chi connectivity index (χ3v) is 1.84. The molecular weight excluding hydrogens is 160 g/mol. The second kappa shape index (κ2) is 7.41. The number of carbonyl (C=O) groups is 1. The van der Waals surface area contributed by atoms with E-state index in [1.807, 2.05) is 0 Å². The van der Waals surface area contributed by atoms with Gasteiger partial charge in [0.2, 0.25) is 0 Å². The first-order chi connectivity index (χ1) is 4.68. The molecule has 0 aliphatic rings. The molecule has 0 saturated heterocycles. The van der Waals surface area contributed by atoms with E-state index in [1.165, 1.54) is 11.8 Å². The van der Waals surface area contributed by atoms with Crippen LogP contribution >= 0.6 is 11.8 Å². The van der Waals surface area contributed by atoms with Crippen LogP contribution < -0.4 is 0 Å². The van der Waals surface area contributed by atoms with Gasteiger partial charge in [0, 0.05) is 17.1 Å². The van der Waals surface area contributed by atoms with Gasteiger partial charge in [-0.25, -0.2) is 4.79 Å². The van der Waals surface area contributed by atoms with Gasteiger partial charge in [0.05, 0.1) is 0 Å². The Morgan fingerprint density at radius 2 is 2.18 bits per heavy atom. The van der Waals surface area contributed by atoms with Crippen molar-refractivity contribution in [1.29, 1.82) is 0 Å². The Balaban J connectivity index is 0. The molecule has 2 nitrogen and oxygen atoms in total. The van der Waals surface area contributed by atoms with Crippen LogP contribution in [0.15, 0.2) is 24.8 Å². The zero-order valence-electron chi connectivity index (χ0n) is 5.67. The summed E-state index contributed by atoms with van der Waals surface area (Å²) in [6.07, 6.45) is 1.74. The Bertz CT molecular complexity index is 152. The second-order valence-corrected chi connectivity index (χ2v) is 2.74. The molecule has 0 aromatic rings. The Kier molecular flexibility index (Phi) is 8.71. The molecule has 0 rings (SSSR count). The summed E-state index contributed by atoms with van der Waals surface area (Å²) in [5.41, 5.74) is 0.242. The van der Waals surface area contributed by atoms with Crippen molar-refractivity contribution in [2.45, 2.75) is 7.43 Å². The van der Waals surface area contributed by atoms with E-state index < -0.39 is 5.97 Å². The van der Waals surface area contributed by atoms with E-state index in [0.29, 0.717) is 5.75 Å². The smallest absolute Gasteiger partial charge is 0.331 e. The monoisotopic (exact) mass is 174 g/mol. The highest BCUT2D eigenvalue weighted by Gasteiger charge is 2.01. The van der Waals surface area contributed by atoms with E-state index in [1.54, 1.807) is 6.08 Å². The minimum Gasteiger partial charge on any atom is -0.478 e. The van der Waals surface area contributed by atoms with Crippen LogP contribution in [0.5, 0.6) is 0 Å². The highest BCUT2D eigenvalue weighted by Crippen LogP contribution is 2.05. The lowest BCUT2D eigenvalue weighted by molar-refractivity contribution is -0.132. The SMILES string of the molecule is C.C=CCSCC(=C)C(=O)O. The van der Waals surface area contributed by atoms with Crippen molar-refractivity contribution in [2.75, 3.05) is 11.5 Å². The molecule has 3 heteroatoms. The first-order valence-corrected chi connectivity index (χ1v) is 3.93. The summed E-state index contributed by atoms with van der Waals surface area (Å²) in [6.45, 7) is 6.88. The van der Waals surface area contributed by atoms with Gasteiger partial charge in [-0.2, -0.15) is 11.8 Å². The molecule has 0 heterocycles. The maximum absolute atomic E-state index is 10.2. The summed E-state index contributed by atoms with van der Waals surface area (Å²) in [5.74, 6) is 0.324. The van der Waals surface area contributed by atoms with E-state index in [0.717, 1.165) is 5.75 Å². The van der Waals surface area contributed by atoms with Gasteiger partial charge in [-0.15, -0.1) is 6.58 Å². The number of carboxylic acids is 1. The Hall–Kier alpha value is -0.700. The third kappa shape index (κ3) is 7.19. The molecule has 0 bridgehead atoms. The lowest BCUT2D eigenvalue weighted by atomic mass is 10.4. The summed E-state index contributed by atoms with van der Waals surface area (Å²) in [7, 11) is 0. The Morgan fingerprint density at radius 3 is 2.55 bits per heavy atom. The normalized spacial score (nSPS) is 8.00. The minimum absolute atomic E-state index is 0. The van der Waals surface area contributed by atoms with E-state index in [2.05, 4.69) is 13.2 Å². The van der Waals surface area contributed by atoms with E-state index in [-0.39, 0.29) is 13.0 Å². The van der Waals surface area contributed by atoms with Crippen molar-refractivity contribution in [3.05, 3.63) is 24.8 Å². The van der Waals surface area contributed by atoms with Crippen molar-refractivity contribution >= 4 is 17.7 Å². The van der Waals surface area contributed by atoms with Gasteiger partial charge in [-0.05, 0) is 0 Å². The minimum atomic E-state index is -0.920. The molecule has 0 spiro atoms. The maximum Gasteiger partial charge on any atom is 0.331 e. The van der Waals surface area contributed by atoms with Gasteiger partial charge in [0.1, 0.15) is 0 Å². The quantitative estimate of drug-likeness (QED) is 0.394. The Morgan fingerprint density at radius 1 is 1.64 bits per heavy atom. The largest absolute Gasteiger partial charge is 0.478 e. The molecule has 0 fully saturated rings. The van der Waals surface area contributed by atoms with Crippen molar-refractivity contribution in [2.24, 2.45) is 0 Å². The fourth-order valence-electron chi connectivity index (χ4n) is 0.327. The van der Waals surface area contributed by atoms with Crippen molar-refractivity contribution in [3.63, 3.8) is 0 Å². The molecule has 1 N–H and O–H groups in total. The molecule has 0 saturated carbocycles. The summed E-state index contributed by atoms with van der Waals surface area (Å²) in [6, 6.07) is 0. The van der Waals surface area contributed by atoms with Gasteiger partial charge in [-0.1, -0.05) is 20.1 Å². The van der Waals surface area contributed by atoms with Gasteiger partial charge in [0.15, 0.2) is 0 Å². The lowest BCUT2D eigenvalue weighted by Gasteiger charge is -1.95. The molecule has 0 atom stereocenters. The molecule has 11 heavy (non-hydrogen) atoms. The zero-order valence-corrected chi connectivity index (χ0v) is 6.49. The predicted octanol–water partition coefficient (Wildman–Crippen LogP) is 2.18. The highest BCUT2D eigenvalue weighted by molar-refractivity contribution is 7.99. The second-order valence-electron chi connectivity index (χ2n) is 1.71. The molecule has 0 radical (unpaired) electrons. The van der Waals surface area contributed by atoms with Gasteiger partial charge >= 0.3 is 5.97 Å². The topological polar surface area (TPSA) is 37.3 Å². The zero-order chi connectivity index (χ0) is 7.98. The van der Waals surface area contributed by atoms with Crippen molar-refractivity contribution in [3.8, 4) is 0 Å². The summed E-state index contributed by atoms with van der Waals surface area (Å²) < 4.78 is 0. The fraction of sp³-hybridized carbons (Fsp3) is 0.375. The third-order valence-electron chi connectivity index (χ3n) is 0.814. The van der Waals surface area contributed by atoms with Crippen LogP contribution in [0.2, 0.25) is 0 Å². The van der Waals surface area contributed by atoms with Gasteiger partial charge in [-0.3, -0.25) is 0 Å². The average molecular weight is 174 g/mol. The standard InChI is InChI=1S/C7H10O2S.CH4/c1-3-4-10-5-6(2)7(8)9;/h3H,1-2,4-5H2,(H,8,9);1H4. The van der Waals surface area contributed by atoms with Crippen LogP contribution in [0, 0.1) is 0 Å². The van der Waals surface area contributed by atoms with Crippen LogP contribution in [-0.4, -0.2) is 22.6 Å². The molecule has 0 aliphatic heterocycles. The molecule has 0 aliphatic carbocycles. The molecule has 64 valence electrons. The van der Waals surface area contributed by atoms with Crippen LogP contribution in [0.25, 0.3) is 0 Å². The number of hydrogen-bond donors (Lipinski definition) is 1. The van der Waals surface area contributed by atoms with E-state index in [4.69, 9.17) is 5.11 Å². The maximum atomic E-state index is 10.2. The molecule has 0 aromatic carbocycles. The number of thioether (sulfide) groups is 1. The van der Waals surface area contributed by atoms with Crippen molar-refractivity contribution < 1.29 is 9.90 Å².